The van der Waals surface area contributed by atoms with Crippen molar-refractivity contribution >= 4 is 29.0 Å². The minimum Gasteiger partial charge on any atom is -0.391 e. The second-order valence-corrected chi connectivity index (χ2v) is 8.19. The lowest BCUT2D eigenvalue weighted by atomic mass is 10.1. The number of allylic oxidation sites excluding steroid dienone is 1. The number of hydrogen-bond donors (Lipinski definition) is 2. The summed E-state index contributed by atoms with van der Waals surface area (Å²) in [5, 5.41) is 12.9. The molecule has 0 aliphatic carbocycles. The molecule has 7 heteroatoms. The Kier molecular flexibility index (Phi) is 5.58. The third-order valence-electron chi connectivity index (χ3n) is 5.13. The van der Waals surface area contributed by atoms with E-state index in [1.54, 1.807) is 0 Å². The molecule has 2 amide bonds. The highest BCUT2D eigenvalue weighted by molar-refractivity contribution is 8.09. The van der Waals surface area contributed by atoms with Crippen molar-refractivity contribution in [2.24, 2.45) is 0 Å². The van der Waals surface area contributed by atoms with Gasteiger partial charge in [-0.15, -0.1) is 0 Å². The van der Waals surface area contributed by atoms with Crippen LogP contribution < -0.4 is 5.32 Å². The van der Waals surface area contributed by atoms with Gasteiger partial charge in [0.25, 0.3) is 0 Å². The van der Waals surface area contributed by atoms with Crippen LogP contribution in [-0.2, 0) is 16.1 Å². The molecule has 2 aliphatic heterocycles. The van der Waals surface area contributed by atoms with E-state index in [-0.39, 0.29) is 12.5 Å². The number of aliphatic hydroxyl groups is 1. The lowest BCUT2D eigenvalue weighted by Gasteiger charge is -2.18. The standard InChI is InChI=1S/C19H25N3O3S/c1-12-18(26-13(2)21(12)3)15-6-4-14(5-7-15)9-20-19(25)17-8-16(24)10-22(17)11-23/h4-7,11,13,16-17,24H,8-10H2,1-3H3,(H,20,25)/t13?,16-,17+/m1/s1. The zero-order valence-electron chi connectivity index (χ0n) is 15.3. The van der Waals surface area contributed by atoms with Crippen molar-refractivity contribution in [3.8, 4) is 0 Å². The average Bonchev–Trinajstić information content (AvgIpc) is 3.15. The molecular formula is C19H25N3O3S. The lowest BCUT2D eigenvalue weighted by molar-refractivity contribution is -0.131. The van der Waals surface area contributed by atoms with Gasteiger partial charge in [-0.05, 0) is 25.0 Å². The third-order valence-corrected chi connectivity index (χ3v) is 6.55. The fourth-order valence-electron chi connectivity index (χ4n) is 3.34. The zero-order chi connectivity index (χ0) is 18.8. The van der Waals surface area contributed by atoms with Crippen molar-refractivity contribution in [2.75, 3.05) is 13.6 Å². The summed E-state index contributed by atoms with van der Waals surface area (Å²) in [6.45, 7) is 4.94. The molecule has 2 N–H and O–H groups in total. The van der Waals surface area contributed by atoms with Crippen LogP contribution in [0.5, 0.6) is 0 Å². The molecule has 0 bridgehead atoms. The van der Waals surface area contributed by atoms with Gasteiger partial charge in [0.1, 0.15) is 6.04 Å². The Morgan fingerprint density at radius 2 is 2.08 bits per heavy atom. The minimum absolute atomic E-state index is 0.218. The number of aliphatic hydroxyl groups excluding tert-OH is 1. The quantitative estimate of drug-likeness (QED) is 0.765. The topological polar surface area (TPSA) is 72.9 Å². The summed E-state index contributed by atoms with van der Waals surface area (Å²) >= 11 is 1.85. The Morgan fingerprint density at radius 3 is 2.65 bits per heavy atom. The molecule has 1 unspecified atom stereocenters. The first-order valence-corrected chi connectivity index (χ1v) is 9.65. The Labute approximate surface area is 158 Å². The van der Waals surface area contributed by atoms with Crippen molar-refractivity contribution in [1.29, 1.82) is 0 Å². The summed E-state index contributed by atoms with van der Waals surface area (Å²) < 4.78 is 0. The fraction of sp³-hybridized carbons (Fsp3) is 0.474. The molecule has 3 atom stereocenters. The smallest absolute Gasteiger partial charge is 0.243 e. The first-order chi connectivity index (χ1) is 12.4. The highest BCUT2D eigenvalue weighted by atomic mass is 32.2. The predicted molar refractivity (Wildman–Crippen MR) is 103 cm³/mol. The number of benzene rings is 1. The molecule has 2 aliphatic rings. The number of β-amino-alcohol motifs (C(OH)–C–C–N with tert-alkyl or cyclic N) is 1. The third kappa shape index (κ3) is 3.73. The monoisotopic (exact) mass is 375 g/mol. The van der Waals surface area contributed by atoms with E-state index in [0.29, 0.717) is 24.7 Å². The van der Waals surface area contributed by atoms with Crippen LogP contribution in [0, 0.1) is 0 Å². The summed E-state index contributed by atoms with van der Waals surface area (Å²) in [7, 11) is 2.10. The van der Waals surface area contributed by atoms with Crippen LogP contribution in [-0.4, -0.2) is 58.3 Å². The highest BCUT2D eigenvalue weighted by Crippen LogP contribution is 2.42. The number of likely N-dealkylation sites (tertiary alicyclic amines) is 1. The van der Waals surface area contributed by atoms with E-state index >= 15 is 0 Å². The number of amides is 2. The molecule has 0 radical (unpaired) electrons. The summed E-state index contributed by atoms with van der Waals surface area (Å²) in [6.07, 6.45) is 0.291. The van der Waals surface area contributed by atoms with E-state index in [1.807, 2.05) is 23.9 Å². The molecule has 140 valence electrons. The van der Waals surface area contributed by atoms with Crippen molar-refractivity contribution in [3.63, 3.8) is 0 Å². The Morgan fingerprint density at radius 1 is 1.38 bits per heavy atom. The van der Waals surface area contributed by atoms with Gasteiger partial charge in [-0.3, -0.25) is 9.59 Å². The molecule has 1 aromatic rings. The average molecular weight is 375 g/mol. The van der Waals surface area contributed by atoms with Crippen molar-refractivity contribution in [3.05, 3.63) is 41.1 Å². The molecule has 1 aromatic carbocycles. The second kappa shape index (κ2) is 7.72. The van der Waals surface area contributed by atoms with Gasteiger partial charge in [0, 0.05) is 37.2 Å². The lowest BCUT2D eigenvalue weighted by Crippen LogP contribution is -2.42. The van der Waals surface area contributed by atoms with Crippen molar-refractivity contribution in [1.82, 2.24) is 15.1 Å². The molecular weight excluding hydrogens is 350 g/mol. The number of carbonyl (C=O) groups is 2. The largest absolute Gasteiger partial charge is 0.391 e. The molecule has 1 fully saturated rings. The fourth-order valence-corrected chi connectivity index (χ4v) is 4.58. The van der Waals surface area contributed by atoms with Gasteiger partial charge in [-0.25, -0.2) is 0 Å². The van der Waals surface area contributed by atoms with Crippen LogP contribution in [0.3, 0.4) is 0 Å². The van der Waals surface area contributed by atoms with E-state index in [9.17, 15) is 14.7 Å². The van der Waals surface area contributed by atoms with Crippen LogP contribution in [0.15, 0.2) is 30.0 Å². The Bertz CT molecular complexity index is 719. The first kappa shape index (κ1) is 18.8. The molecule has 0 aromatic heterocycles. The highest BCUT2D eigenvalue weighted by Gasteiger charge is 2.34. The van der Waals surface area contributed by atoms with Gasteiger partial charge in [0.2, 0.25) is 12.3 Å². The van der Waals surface area contributed by atoms with Gasteiger partial charge >= 0.3 is 0 Å². The van der Waals surface area contributed by atoms with E-state index < -0.39 is 12.1 Å². The normalized spacial score (nSPS) is 25.8. The van der Waals surface area contributed by atoms with Gasteiger partial charge in [0.15, 0.2) is 0 Å². The maximum absolute atomic E-state index is 12.3. The SMILES string of the molecule is CC1=C(c2ccc(CNC(=O)[C@@H]3C[C@@H](O)CN3C=O)cc2)SC(C)N1C. The van der Waals surface area contributed by atoms with E-state index in [4.69, 9.17) is 0 Å². The van der Waals surface area contributed by atoms with Gasteiger partial charge in [-0.2, -0.15) is 0 Å². The maximum atomic E-state index is 12.3. The summed E-state index contributed by atoms with van der Waals surface area (Å²) in [5.41, 5.74) is 3.46. The number of rotatable bonds is 5. The summed E-state index contributed by atoms with van der Waals surface area (Å²) in [6, 6.07) is 7.61. The zero-order valence-corrected chi connectivity index (χ0v) is 16.1. The van der Waals surface area contributed by atoms with Crippen molar-refractivity contribution < 1.29 is 14.7 Å². The number of nitrogens with zero attached hydrogens (tertiary/aromatic N) is 2. The summed E-state index contributed by atoms with van der Waals surface area (Å²) in [4.78, 5) is 28.2. The van der Waals surface area contributed by atoms with Crippen molar-refractivity contribution in [2.45, 2.75) is 44.3 Å². The van der Waals surface area contributed by atoms with Crippen LogP contribution in [0.1, 0.15) is 31.4 Å². The molecule has 1 saturated heterocycles. The Hall–Kier alpha value is -1.99. The Balaban J connectivity index is 1.60. The van der Waals surface area contributed by atoms with Gasteiger partial charge < -0.3 is 20.2 Å². The van der Waals surface area contributed by atoms with E-state index in [2.05, 4.69) is 43.2 Å². The second-order valence-electron chi connectivity index (χ2n) is 6.86. The summed E-state index contributed by atoms with van der Waals surface area (Å²) in [5.74, 6) is -0.224. The number of nitrogens with one attached hydrogen (secondary N) is 1. The van der Waals surface area contributed by atoms with E-state index in [1.165, 1.54) is 21.1 Å². The van der Waals surface area contributed by atoms with Gasteiger partial charge in [-0.1, -0.05) is 36.0 Å². The van der Waals surface area contributed by atoms with Gasteiger partial charge in [0.05, 0.1) is 11.5 Å². The van der Waals surface area contributed by atoms with Crippen LogP contribution in [0.4, 0.5) is 0 Å². The maximum Gasteiger partial charge on any atom is 0.243 e. The minimum atomic E-state index is -0.629. The molecule has 0 saturated carbocycles. The predicted octanol–water partition coefficient (Wildman–Crippen LogP) is 1.61. The molecule has 0 spiro atoms. The number of carbonyl (C=O) groups excluding carboxylic acids is 2. The van der Waals surface area contributed by atoms with E-state index in [0.717, 1.165) is 5.56 Å². The number of thioether (sulfide) groups is 1. The molecule has 3 rings (SSSR count). The molecule has 2 heterocycles. The number of hydrogen-bond acceptors (Lipinski definition) is 5. The van der Waals surface area contributed by atoms with Crippen LogP contribution in [0.2, 0.25) is 0 Å². The van der Waals surface area contributed by atoms with Crippen LogP contribution in [0.25, 0.3) is 4.91 Å². The first-order valence-electron chi connectivity index (χ1n) is 8.77. The van der Waals surface area contributed by atoms with Crippen LogP contribution >= 0.6 is 11.8 Å². The molecule has 6 nitrogen and oxygen atoms in total. The molecule has 26 heavy (non-hydrogen) atoms.